The van der Waals surface area contributed by atoms with Crippen LogP contribution in [0.25, 0.3) is 0 Å². The molecule has 2 atom stereocenters. The molecular formula is C10H20O3. The van der Waals surface area contributed by atoms with E-state index in [2.05, 4.69) is 6.92 Å². The van der Waals surface area contributed by atoms with Crippen LogP contribution in [0.3, 0.4) is 0 Å². The number of ether oxygens (including phenoxy) is 2. The molecule has 0 spiro atoms. The van der Waals surface area contributed by atoms with Crippen molar-refractivity contribution in [2.75, 3.05) is 13.2 Å². The number of aliphatic hydroxyl groups is 1. The lowest BCUT2D eigenvalue weighted by molar-refractivity contribution is -0.213. The van der Waals surface area contributed by atoms with Gasteiger partial charge in [-0.15, -0.1) is 0 Å². The second-order valence-corrected chi connectivity index (χ2v) is 3.59. The van der Waals surface area contributed by atoms with Gasteiger partial charge in [0.15, 0.2) is 6.29 Å². The van der Waals surface area contributed by atoms with Crippen molar-refractivity contribution >= 4 is 0 Å². The molecule has 3 heteroatoms. The molecule has 1 heterocycles. The number of hydrogen-bond acceptors (Lipinski definition) is 3. The highest BCUT2D eigenvalue weighted by Gasteiger charge is 2.19. The summed E-state index contributed by atoms with van der Waals surface area (Å²) < 4.78 is 10.5. The van der Waals surface area contributed by atoms with E-state index in [1.54, 1.807) is 0 Å². The summed E-state index contributed by atoms with van der Waals surface area (Å²) in [7, 11) is 0. The SMILES string of the molecule is CCCCCC[C@H]1CO[C@H](O)CO1. The predicted molar refractivity (Wildman–Crippen MR) is 50.5 cm³/mol. The molecule has 1 saturated heterocycles. The minimum Gasteiger partial charge on any atom is -0.371 e. The summed E-state index contributed by atoms with van der Waals surface area (Å²) in [6, 6.07) is 0. The van der Waals surface area contributed by atoms with Gasteiger partial charge in [0.1, 0.15) is 0 Å². The van der Waals surface area contributed by atoms with Gasteiger partial charge in [0.05, 0.1) is 19.3 Å². The van der Waals surface area contributed by atoms with E-state index in [0.717, 1.165) is 6.42 Å². The molecule has 0 radical (unpaired) electrons. The Morgan fingerprint density at radius 3 is 2.62 bits per heavy atom. The van der Waals surface area contributed by atoms with Crippen LogP contribution in [0.1, 0.15) is 39.0 Å². The number of aliphatic hydroxyl groups excluding tert-OH is 1. The molecule has 0 unspecified atom stereocenters. The molecule has 0 amide bonds. The van der Waals surface area contributed by atoms with Gasteiger partial charge >= 0.3 is 0 Å². The second-order valence-electron chi connectivity index (χ2n) is 3.59. The number of unbranched alkanes of at least 4 members (excludes halogenated alkanes) is 3. The average Bonchev–Trinajstić information content (AvgIpc) is 2.15. The zero-order valence-corrected chi connectivity index (χ0v) is 8.37. The fourth-order valence-electron chi connectivity index (χ4n) is 1.50. The van der Waals surface area contributed by atoms with Crippen LogP contribution in [0.15, 0.2) is 0 Å². The lowest BCUT2D eigenvalue weighted by atomic mass is 10.1. The summed E-state index contributed by atoms with van der Waals surface area (Å²) in [6.45, 7) is 3.09. The summed E-state index contributed by atoms with van der Waals surface area (Å²) in [5, 5.41) is 8.99. The van der Waals surface area contributed by atoms with E-state index in [0.29, 0.717) is 13.2 Å². The van der Waals surface area contributed by atoms with Gasteiger partial charge in [0.2, 0.25) is 0 Å². The Morgan fingerprint density at radius 1 is 1.15 bits per heavy atom. The van der Waals surface area contributed by atoms with E-state index in [1.165, 1.54) is 25.7 Å². The standard InChI is InChI=1S/C10H20O3/c1-2-3-4-5-6-9-7-13-10(11)8-12-9/h9-11H,2-8H2,1H3/t9-,10-/m0/s1. The van der Waals surface area contributed by atoms with Crippen LogP contribution in [-0.2, 0) is 9.47 Å². The van der Waals surface area contributed by atoms with Crippen molar-refractivity contribution < 1.29 is 14.6 Å². The van der Waals surface area contributed by atoms with Gasteiger partial charge in [-0.05, 0) is 6.42 Å². The molecule has 13 heavy (non-hydrogen) atoms. The third-order valence-electron chi connectivity index (χ3n) is 2.33. The minimum absolute atomic E-state index is 0.209. The smallest absolute Gasteiger partial charge is 0.178 e. The maximum atomic E-state index is 8.99. The molecule has 0 saturated carbocycles. The van der Waals surface area contributed by atoms with E-state index in [9.17, 15) is 0 Å². The molecule has 1 rings (SSSR count). The highest BCUT2D eigenvalue weighted by atomic mass is 16.7. The second kappa shape index (κ2) is 6.35. The third kappa shape index (κ3) is 4.60. The van der Waals surface area contributed by atoms with Crippen LogP contribution < -0.4 is 0 Å². The topological polar surface area (TPSA) is 38.7 Å². The fourth-order valence-corrected chi connectivity index (χ4v) is 1.50. The lowest BCUT2D eigenvalue weighted by Gasteiger charge is -2.26. The third-order valence-corrected chi connectivity index (χ3v) is 2.33. The van der Waals surface area contributed by atoms with E-state index in [4.69, 9.17) is 14.6 Å². The first-order valence-electron chi connectivity index (χ1n) is 5.24. The Morgan fingerprint density at radius 2 is 2.00 bits per heavy atom. The molecule has 1 aliphatic rings. The van der Waals surface area contributed by atoms with Crippen molar-refractivity contribution in [1.82, 2.24) is 0 Å². The average molecular weight is 188 g/mol. The van der Waals surface area contributed by atoms with Crippen molar-refractivity contribution in [3.05, 3.63) is 0 Å². The zero-order valence-electron chi connectivity index (χ0n) is 8.37. The van der Waals surface area contributed by atoms with Crippen molar-refractivity contribution in [3.8, 4) is 0 Å². The van der Waals surface area contributed by atoms with Crippen molar-refractivity contribution in [3.63, 3.8) is 0 Å². The summed E-state index contributed by atoms with van der Waals surface area (Å²) in [6.07, 6.45) is 5.62. The molecule has 78 valence electrons. The lowest BCUT2D eigenvalue weighted by Crippen LogP contribution is -2.35. The van der Waals surface area contributed by atoms with Gasteiger partial charge in [0, 0.05) is 0 Å². The zero-order chi connectivity index (χ0) is 9.52. The molecule has 3 nitrogen and oxygen atoms in total. The number of rotatable bonds is 5. The van der Waals surface area contributed by atoms with E-state index >= 15 is 0 Å². The molecule has 0 aromatic rings. The normalized spacial score (nSPS) is 29.1. The maximum absolute atomic E-state index is 8.99. The molecular weight excluding hydrogens is 168 g/mol. The Hall–Kier alpha value is -0.120. The Kier molecular flexibility index (Phi) is 5.35. The van der Waals surface area contributed by atoms with Crippen molar-refractivity contribution in [1.29, 1.82) is 0 Å². The quantitative estimate of drug-likeness (QED) is 0.667. The monoisotopic (exact) mass is 188 g/mol. The maximum Gasteiger partial charge on any atom is 0.178 e. The van der Waals surface area contributed by atoms with Gasteiger partial charge in [-0.2, -0.15) is 0 Å². The van der Waals surface area contributed by atoms with Crippen LogP contribution >= 0.6 is 0 Å². The molecule has 0 aromatic carbocycles. The van der Waals surface area contributed by atoms with Gasteiger partial charge in [0.25, 0.3) is 0 Å². The molecule has 1 fully saturated rings. The van der Waals surface area contributed by atoms with Gasteiger partial charge < -0.3 is 14.6 Å². The first-order chi connectivity index (χ1) is 6.33. The molecule has 1 N–H and O–H groups in total. The number of hydrogen-bond donors (Lipinski definition) is 1. The van der Waals surface area contributed by atoms with E-state index in [-0.39, 0.29) is 6.10 Å². The molecule has 0 aromatic heterocycles. The van der Waals surface area contributed by atoms with Crippen LogP contribution in [0.4, 0.5) is 0 Å². The molecule has 0 bridgehead atoms. The highest BCUT2D eigenvalue weighted by molar-refractivity contribution is 4.62. The van der Waals surface area contributed by atoms with E-state index < -0.39 is 6.29 Å². The van der Waals surface area contributed by atoms with Gasteiger partial charge in [-0.25, -0.2) is 0 Å². The fraction of sp³-hybridized carbons (Fsp3) is 1.00. The molecule has 1 aliphatic heterocycles. The molecule has 0 aliphatic carbocycles. The highest BCUT2D eigenvalue weighted by Crippen LogP contribution is 2.13. The summed E-state index contributed by atoms with van der Waals surface area (Å²) in [5.74, 6) is 0. The van der Waals surface area contributed by atoms with Crippen LogP contribution in [0.2, 0.25) is 0 Å². The predicted octanol–water partition coefficient (Wildman–Crippen LogP) is 1.69. The van der Waals surface area contributed by atoms with E-state index in [1.807, 2.05) is 0 Å². The Labute approximate surface area is 80.0 Å². The van der Waals surface area contributed by atoms with Crippen LogP contribution in [0, 0.1) is 0 Å². The summed E-state index contributed by atoms with van der Waals surface area (Å²) >= 11 is 0. The van der Waals surface area contributed by atoms with Crippen molar-refractivity contribution in [2.45, 2.75) is 51.4 Å². The van der Waals surface area contributed by atoms with Gasteiger partial charge in [-0.1, -0.05) is 32.6 Å². The Balaban J connectivity index is 1.96. The first kappa shape index (κ1) is 11.0. The first-order valence-corrected chi connectivity index (χ1v) is 5.24. The largest absolute Gasteiger partial charge is 0.371 e. The van der Waals surface area contributed by atoms with Crippen LogP contribution in [0.5, 0.6) is 0 Å². The summed E-state index contributed by atoms with van der Waals surface area (Å²) in [5.41, 5.74) is 0. The summed E-state index contributed by atoms with van der Waals surface area (Å²) in [4.78, 5) is 0. The van der Waals surface area contributed by atoms with Crippen molar-refractivity contribution in [2.24, 2.45) is 0 Å². The van der Waals surface area contributed by atoms with Crippen LogP contribution in [-0.4, -0.2) is 30.7 Å². The minimum atomic E-state index is -0.702. The Bertz CT molecular complexity index is 119. The van der Waals surface area contributed by atoms with Gasteiger partial charge in [-0.3, -0.25) is 0 Å².